The van der Waals surface area contributed by atoms with E-state index >= 15 is 0 Å². The van der Waals surface area contributed by atoms with Crippen molar-refractivity contribution in [3.8, 4) is 0 Å². The maximum atomic E-state index is 4.62. The molecule has 0 saturated heterocycles. The molecule has 1 aromatic heterocycles. The molecule has 0 unspecified atom stereocenters. The molecule has 0 aliphatic heterocycles. The number of hydrogen-bond acceptors (Lipinski definition) is 2. The first-order chi connectivity index (χ1) is 9.22. The molecular formula is C17H16N2. The molecule has 3 rings (SSSR count). The van der Waals surface area contributed by atoms with Gasteiger partial charge in [-0.15, -0.1) is 0 Å². The fourth-order valence-electron chi connectivity index (χ4n) is 2.23. The van der Waals surface area contributed by atoms with Gasteiger partial charge in [0.05, 0.1) is 5.52 Å². The molecule has 0 fully saturated rings. The lowest BCUT2D eigenvalue weighted by atomic mass is 10.1. The van der Waals surface area contributed by atoms with Crippen molar-refractivity contribution in [2.45, 2.75) is 13.8 Å². The second-order valence-electron chi connectivity index (χ2n) is 4.83. The Morgan fingerprint density at radius 1 is 0.895 bits per heavy atom. The normalized spacial score (nSPS) is 10.6. The van der Waals surface area contributed by atoms with E-state index in [1.54, 1.807) is 0 Å². The molecule has 1 N–H and O–H groups in total. The number of nitrogens with one attached hydrogen (secondary N) is 1. The zero-order valence-corrected chi connectivity index (χ0v) is 11.1. The van der Waals surface area contributed by atoms with Crippen LogP contribution in [0.5, 0.6) is 0 Å². The number of nitrogens with zero attached hydrogens (tertiary/aromatic N) is 1. The molecule has 0 amide bonds. The fraction of sp³-hybridized carbons (Fsp3) is 0.118. The molecule has 0 aliphatic carbocycles. The second-order valence-corrected chi connectivity index (χ2v) is 4.83. The Bertz CT molecular complexity index is 732. The number of hydrogen-bond donors (Lipinski definition) is 1. The lowest BCUT2D eigenvalue weighted by Crippen LogP contribution is -1.96. The third-order valence-corrected chi connectivity index (χ3v) is 3.24. The Labute approximate surface area is 113 Å². The lowest BCUT2D eigenvalue weighted by molar-refractivity contribution is 1.33. The summed E-state index contributed by atoms with van der Waals surface area (Å²) in [6.45, 7) is 4.21. The maximum Gasteiger partial charge on any atom is 0.131 e. The van der Waals surface area contributed by atoms with E-state index in [0.29, 0.717) is 0 Å². The van der Waals surface area contributed by atoms with Crippen LogP contribution in [-0.4, -0.2) is 4.98 Å². The van der Waals surface area contributed by atoms with Crippen LogP contribution >= 0.6 is 0 Å². The number of aromatic nitrogens is 1. The summed E-state index contributed by atoms with van der Waals surface area (Å²) in [6.07, 6.45) is 0. The van der Waals surface area contributed by atoms with Gasteiger partial charge in [-0.2, -0.15) is 0 Å². The van der Waals surface area contributed by atoms with Crippen LogP contribution in [0.1, 0.15) is 11.1 Å². The minimum Gasteiger partial charge on any atom is -0.340 e. The molecule has 2 nitrogen and oxygen atoms in total. The van der Waals surface area contributed by atoms with Crippen LogP contribution in [0, 0.1) is 13.8 Å². The summed E-state index contributed by atoms with van der Waals surface area (Å²) in [6, 6.07) is 18.6. The van der Waals surface area contributed by atoms with Crippen molar-refractivity contribution in [3.05, 3.63) is 65.7 Å². The molecule has 2 heteroatoms. The summed E-state index contributed by atoms with van der Waals surface area (Å²) >= 11 is 0. The van der Waals surface area contributed by atoms with Crippen LogP contribution in [0.25, 0.3) is 10.9 Å². The zero-order valence-electron chi connectivity index (χ0n) is 11.1. The van der Waals surface area contributed by atoms with Crippen molar-refractivity contribution in [3.63, 3.8) is 0 Å². The van der Waals surface area contributed by atoms with E-state index in [2.05, 4.69) is 54.5 Å². The van der Waals surface area contributed by atoms with Gasteiger partial charge in [-0.05, 0) is 43.7 Å². The maximum absolute atomic E-state index is 4.62. The lowest BCUT2D eigenvalue weighted by Gasteiger charge is -2.10. The minimum atomic E-state index is 0.880. The first kappa shape index (κ1) is 11.7. The van der Waals surface area contributed by atoms with Crippen molar-refractivity contribution < 1.29 is 0 Å². The number of anilines is 2. The van der Waals surface area contributed by atoms with Gasteiger partial charge in [0.25, 0.3) is 0 Å². The third-order valence-electron chi connectivity index (χ3n) is 3.24. The first-order valence-corrected chi connectivity index (χ1v) is 6.42. The molecule has 0 atom stereocenters. The summed E-state index contributed by atoms with van der Waals surface area (Å²) in [5.74, 6) is 0.880. The highest BCUT2D eigenvalue weighted by molar-refractivity contribution is 5.80. The Balaban J connectivity index is 1.96. The Morgan fingerprint density at radius 2 is 1.74 bits per heavy atom. The third kappa shape index (κ3) is 2.43. The predicted molar refractivity (Wildman–Crippen MR) is 80.9 cm³/mol. The average molecular weight is 248 g/mol. The SMILES string of the molecule is Cc1ccc(Nc2ccc3ccccc3n2)c(C)c1. The summed E-state index contributed by atoms with van der Waals surface area (Å²) in [5.41, 5.74) is 4.62. The highest BCUT2D eigenvalue weighted by Crippen LogP contribution is 2.22. The number of pyridine rings is 1. The minimum absolute atomic E-state index is 0.880. The summed E-state index contributed by atoms with van der Waals surface area (Å²) in [5, 5.41) is 4.54. The van der Waals surface area contributed by atoms with E-state index in [1.807, 2.05) is 24.3 Å². The summed E-state index contributed by atoms with van der Waals surface area (Å²) in [7, 11) is 0. The average Bonchev–Trinajstić information content (AvgIpc) is 2.42. The molecule has 0 radical (unpaired) electrons. The van der Waals surface area contributed by atoms with Gasteiger partial charge in [-0.1, -0.05) is 35.9 Å². The first-order valence-electron chi connectivity index (χ1n) is 6.42. The van der Waals surface area contributed by atoms with Crippen molar-refractivity contribution >= 4 is 22.4 Å². The van der Waals surface area contributed by atoms with Crippen LogP contribution in [0.2, 0.25) is 0 Å². The zero-order chi connectivity index (χ0) is 13.2. The highest BCUT2D eigenvalue weighted by atomic mass is 15.0. The van der Waals surface area contributed by atoms with E-state index in [1.165, 1.54) is 11.1 Å². The van der Waals surface area contributed by atoms with Crippen molar-refractivity contribution in [1.29, 1.82) is 0 Å². The van der Waals surface area contributed by atoms with Gasteiger partial charge in [0.1, 0.15) is 5.82 Å². The molecule has 1 heterocycles. The monoisotopic (exact) mass is 248 g/mol. The number of benzene rings is 2. The van der Waals surface area contributed by atoms with E-state index < -0.39 is 0 Å². The van der Waals surface area contributed by atoms with Gasteiger partial charge in [0, 0.05) is 11.1 Å². The number of rotatable bonds is 2. The van der Waals surface area contributed by atoms with Gasteiger partial charge in [0.2, 0.25) is 0 Å². The summed E-state index contributed by atoms with van der Waals surface area (Å²) in [4.78, 5) is 4.62. The molecular weight excluding hydrogens is 232 g/mol. The van der Waals surface area contributed by atoms with E-state index in [9.17, 15) is 0 Å². The van der Waals surface area contributed by atoms with Gasteiger partial charge in [-0.25, -0.2) is 4.98 Å². The van der Waals surface area contributed by atoms with Crippen LogP contribution in [0.4, 0.5) is 11.5 Å². The summed E-state index contributed by atoms with van der Waals surface area (Å²) < 4.78 is 0. The largest absolute Gasteiger partial charge is 0.340 e. The molecule has 94 valence electrons. The van der Waals surface area contributed by atoms with Gasteiger partial charge in [0.15, 0.2) is 0 Å². The number of fused-ring (bicyclic) bond motifs is 1. The van der Waals surface area contributed by atoms with Crippen molar-refractivity contribution in [2.24, 2.45) is 0 Å². The van der Waals surface area contributed by atoms with Gasteiger partial charge in [-0.3, -0.25) is 0 Å². The molecule has 0 aliphatic rings. The van der Waals surface area contributed by atoms with E-state index in [4.69, 9.17) is 0 Å². The van der Waals surface area contributed by atoms with E-state index in [0.717, 1.165) is 22.4 Å². The second kappa shape index (κ2) is 4.73. The molecule has 0 bridgehead atoms. The molecule has 0 spiro atoms. The highest BCUT2D eigenvalue weighted by Gasteiger charge is 2.01. The Morgan fingerprint density at radius 3 is 2.58 bits per heavy atom. The van der Waals surface area contributed by atoms with Crippen LogP contribution in [0.3, 0.4) is 0 Å². The number of para-hydroxylation sites is 1. The molecule has 0 saturated carbocycles. The topological polar surface area (TPSA) is 24.9 Å². The molecule has 19 heavy (non-hydrogen) atoms. The molecule has 2 aromatic carbocycles. The Kier molecular flexibility index (Phi) is 2.92. The number of aryl methyl sites for hydroxylation is 2. The van der Waals surface area contributed by atoms with Crippen LogP contribution < -0.4 is 5.32 Å². The quantitative estimate of drug-likeness (QED) is 0.717. The van der Waals surface area contributed by atoms with Crippen molar-refractivity contribution in [2.75, 3.05) is 5.32 Å². The van der Waals surface area contributed by atoms with E-state index in [-0.39, 0.29) is 0 Å². The van der Waals surface area contributed by atoms with Gasteiger partial charge >= 0.3 is 0 Å². The Hall–Kier alpha value is -2.35. The smallest absolute Gasteiger partial charge is 0.131 e. The predicted octanol–water partition coefficient (Wildman–Crippen LogP) is 4.60. The fourth-order valence-corrected chi connectivity index (χ4v) is 2.23. The van der Waals surface area contributed by atoms with Crippen LogP contribution in [0.15, 0.2) is 54.6 Å². The standard InChI is InChI=1S/C17H16N2/c1-12-7-9-15(13(2)11-12)18-17-10-8-14-5-3-4-6-16(14)19-17/h3-11H,1-2H3,(H,18,19). The van der Waals surface area contributed by atoms with Crippen molar-refractivity contribution in [1.82, 2.24) is 4.98 Å². The molecule has 3 aromatic rings. The van der Waals surface area contributed by atoms with Gasteiger partial charge < -0.3 is 5.32 Å². The van der Waals surface area contributed by atoms with Crippen LogP contribution in [-0.2, 0) is 0 Å².